The number of hydrogen-bond donors (Lipinski definition) is 1. The zero-order valence-electron chi connectivity index (χ0n) is 11.7. The average Bonchev–Trinajstić information content (AvgIpc) is 2.35. The average molecular weight is 283 g/mol. The lowest BCUT2D eigenvalue weighted by Crippen LogP contribution is -3.00. The van der Waals surface area contributed by atoms with Gasteiger partial charge in [0.25, 0.3) is 0 Å². The summed E-state index contributed by atoms with van der Waals surface area (Å²) >= 11 is 0. The lowest BCUT2D eigenvalue weighted by molar-refractivity contribution is -0.882. The van der Waals surface area contributed by atoms with Crippen LogP contribution in [0.4, 0.5) is 0 Å². The van der Waals surface area contributed by atoms with Crippen molar-refractivity contribution in [2.24, 2.45) is 5.73 Å². The van der Waals surface area contributed by atoms with Crippen molar-refractivity contribution in [2.75, 3.05) is 33.7 Å². The fraction of sp³-hybridized carbons (Fsp3) is 0.400. The third kappa shape index (κ3) is 7.78. The summed E-state index contributed by atoms with van der Waals surface area (Å²) in [5, 5.41) is 0. The van der Waals surface area contributed by atoms with Gasteiger partial charge >= 0.3 is 0 Å². The number of carbonyl (C=O) groups excluding carboxylic acids is 1. The minimum Gasteiger partial charge on any atom is -1.00 e. The third-order valence-electron chi connectivity index (χ3n) is 2.81. The maximum absolute atomic E-state index is 11.9. The quantitative estimate of drug-likeness (QED) is 0.499. The van der Waals surface area contributed by atoms with Gasteiger partial charge in [-0.2, -0.15) is 0 Å². The van der Waals surface area contributed by atoms with Gasteiger partial charge in [-0.15, -0.1) is 0 Å². The van der Waals surface area contributed by atoms with Crippen molar-refractivity contribution in [3.8, 4) is 0 Å². The van der Waals surface area contributed by atoms with Crippen LogP contribution in [0.25, 0.3) is 6.08 Å². The summed E-state index contributed by atoms with van der Waals surface area (Å²) in [5.74, 6) is 0.154. The molecule has 0 aliphatic rings. The lowest BCUT2D eigenvalue weighted by Gasteiger charge is -2.28. The third-order valence-corrected chi connectivity index (χ3v) is 2.81. The summed E-state index contributed by atoms with van der Waals surface area (Å²) < 4.78 is 0.690. The second-order valence-corrected chi connectivity index (χ2v) is 5.17. The Morgan fingerprint density at radius 1 is 1.26 bits per heavy atom. The van der Waals surface area contributed by atoms with E-state index < -0.39 is 0 Å². The highest BCUT2D eigenvalue weighted by atomic mass is 35.5. The van der Waals surface area contributed by atoms with Crippen LogP contribution in [0.3, 0.4) is 0 Å². The Labute approximate surface area is 122 Å². The van der Waals surface area contributed by atoms with Crippen LogP contribution in [0, 0.1) is 0 Å². The van der Waals surface area contributed by atoms with Gasteiger partial charge in [-0.05, 0) is 18.2 Å². The summed E-state index contributed by atoms with van der Waals surface area (Å²) in [6, 6.07) is 9.86. The van der Waals surface area contributed by atoms with Crippen LogP contribution in [0.1, 0.15) is 12.0 Å². The second kappa shape index (κ2) is 8.86. The molecule has 0 aliphatic heterocycles. The highest BCUT2D eigenvalue weighted by molar-refractivity contribution is 5.94. The molecule has 0 atom stereocenters. The Morgan fingerprint density at radius 2 is 1.89 bits per heavy atom. The summed E-state index contributed by atoms with van der Waals surface area (Å²) in [6.07, 6.45) is 4.48. The van der Waals surface area contributed by atoms with E-state index in [0.29, 0.717) is 17.6 Å². The molecule has 4 heteroatoms. The molecule has 0 spiro atoms. The first-order valence-electron chi connectivity index (χ1n) is 6.31. The van der Waals surface area contributed by atoms with Crippen LogP contribution in [-0.4, -0.2) is 44.0 Å². The Morgan fingerprint density at radius 3 is 2.47 bits per heavy atom. The van der Waals surface area contributed by atoms with E-state index in [1.54, 1.807) is 6.08 Å². The summed E-state index contributed by atoms with van der Waals surface area (Å²) in [5.41, 5.74) is 6.55. The second-order valence-electron chi connectivity index (χ2n) is 5.17. The highest BCUT2D eigenvalue weighted by Gasteiger charge is 2.17. The van der Waals surface area contributed by atoms with Gasteiger partial charge in [-0.3, -0.25) is 4.79 Å². The first-order valence-corrected chi connectivity index (χ1v) is 6.31. The van der Waals surface area contributed by atoms with Crippen LogP contribution in [0.2, 0.25) is 0 Å². The lowest BCUT2D eigenvalue weighted by atomic mass is 10.2. The molecule has 3 nitrogen and oxygen atoms in total. The fourth-order valence-corrected chi connectivity index (χ4v) is 1.83. The van der Waals surface area contributed by atoms with Gasteiger partial charge < -0.3 is 22.6 Å². The molecule has 2 N–H and O–H groups in total. The van der Waals surface area contributed by atoms with E-state index in [9.17, 15) is 4.79 Å². The van der Waals surface area contributed by atoms with Crippen LogP contribution in [0.15, 0.2) is 36.4 Å². The van der Waals surface area contributed by atoms with Crippen molar-refractivity contribution in [2.45, 2.75) is 6.42 Å². The van der Waals surface area contributed by atoms with E-state index in [4.69, 9.17) is 5.73 Å². The van der Waals surface area contributed by atoms with Gasteiger partial charge in [0.2, 0.25) is 5.78 Å². The number of halogens is 1. The summed E-state index contributed by atoms with van der Waals surface area (Å²) in [6.45, 7) is 2.13. The SMILES string of the molecule is C[N+](C)(CCCN)CC(=O)C=Cc1ccccc1.[Cl-]. The van der Waals surface area contributed by atoms with E-state index >= 15 is 0 Å². The van der Waals surface area contributed by atoms with E-state index in [-0.39, 0.29) is 18.2 Å². The van der Waals surface area contributed by atoms with Gasteiger partial charge in [-0.25, -0.2) is 0 Å². The van der Waals surface area contributed by atoms with Crippen LogP contribution < -0.4 is 18.1 Å². The Kier molecular flexibility index (Phi) is 8.32. The number of benzene rings is 1. The van der Waals surface area contributed by atoms with E-state index in [0.717, 1.165) is 18.5 Å². The van der Waals surface area contributed by atoms with E-state index in [2.05, 4.69) is 14.1 Å². The molecular formula is C15H23ClN2O. The van der Waals surface area contributed by atoms with Gasteiger partial charge in [0, 0.05) is 6.42 Å². The Balaban J connectivity index is 0.00000324. The smallest absolute Gasteiger partial charge is 0.209 e. The maximum atomic E-state index is 11.9. The van der Waals surface area contributed by atoms with Crippen molar-refractivity contribution >= 4 is 11.9 Å². The summed E-state index contributed by atoms with van der Waals surface area (Å²) in [4.78, 5) is 11.9. The molecule has 0 aliphatic carbocycles. The summed E-state index contributed by atoms with van der Waals surface area (Å²) in [7, 11) is 4.12. The van der Waals surface area contributed by atoms with Gasteiger partial charge in [-0.1, -0.05) is 36.4 Å². The van der Waals surface area contributed by atoms with Crippen LogP contribution >= 0.6 is 0 Å². The molecule has 106 valence electrons. The molecule has 0 aromatic heterocycles. The molecule has 0 heterocycles. The number of nitrogens with zero attached hydrogens (tertiary/aromatic N) is 1. The molecule has 0 saturated carbocycles. The van der Waals surface area contributed by atoms with Crippen molar-refractivity contribution in [1.82, 2.24) is 0 Å². The predicted molar refractivity (Wildman–Crippen MR) is 76.0 cm³/mol. The van der Waals surface area contributed by atoms with Crippen molar-refractivity contribution in [3.05, 3.63) is 42.0 Å². The maximum Gasteiger partial charge on any atom is 0.209 e. The molecule has 19 heavy (non-hydrogen) atoms. The topological polar surface area (TPSA) is 43.1 Å². The molecule has 0 bridgehead atoms. The van der Waals surface area contributed by atoms with Gasteiger partial charge in [0.15, 0.2) is 0 Å². The Hall–Kier alpha value is -1.16. The van der Waals surface area contributed by atoms with Crippen LogP contribution in [0.5, 0.6) is 0 Å². The van der Waals surface area contributed by atoms with Crippen molar-refractivity contribution in [1.29, 1.82) is 0 Å². The minimum atomic E-state index is 0. The molecule has 0 unspecified atom stereocenters. The van der Waals surface area contributed by atoms with Gasteiger partial charge in [0.05, 0.1) is 20.6 Å². The highest BCUT2D eigenvalue weighted by Crippen LogP contribution is 2.03. The number of ketones is 1. The molecule has 1 rings (SSSR count). The molecule has 0 radical (unpaired) electrons. The van der Waals surface area contributed by atoms with Crippen LogP contribution in [-0.2, 0) is 4.79 Å². The molecule has 1 aromatic rings. The number of hydrogen-bond acceptors (Lipinski definition) is 2. The zero-order chi connectivity index (χ0) is 13.4. The largest absolute Gasteiger partial charge is 1.00 e. The first-order chi connectivity index (χ1) is 8.53. The molecule has 0 fully saturated rings. The first kappa shape index (κ1) is 17.8. The van der Waals surface area contributed by atoms with Gasteiger partial charge in [0.1, 0.15) is 6.54 Å². The molecule has 0 saturated heterocycles. The van der Waals surface area contributed by atoms with Crippen molar-refractivity contribution < 1.29 is 21.7 Å². The monoisotopic (exact) mass is 282 g/mol. The molecule has 0 amide bonds. The number of carbonyl (C=O) groups is 1. The standard InChI is InChI=1S/C15H23N2O.ClH/c1-17(2,12-6-11-16)13-15(18)10-9-14-7-4-3-5-8-14;/h3-5,7-10H,6,11-13,16H2,1-2H3;1H/q+1;/p-1. The number of nitrogens with two attached hydrogens (primary N) is 1. The predicted octanol–water partition coefficient (Wildman–Crippen LogP) is -1.30. The van der Waals surface area contributed by atoms with E-state index in [1.165, 1.54) is 0 Å². The number of rotatable bonds is 7. The Bertz CT molecular complexity index is 402. The fourth-order valence-electron chi connectivity index (χ4n) is 1.83. The van der Waals surface area contributed by atoms with Crippen molar-refractivity contribution in [3.63, 3.8) is 0 Å². The molecule has 1 aromatic carbocycles. The number of quaternary nitrogens is 1. The minimum absolute atomic E-state index is 0. The normalized spacial score (nSPS) is 11.3. The molecular weight excluding hydrogens is 260 g/mol. The van der Waals surface area contributed by atoms with E-state index in [1.807, 2.05) is 36.4 Å². The number of likely N-dealkylation sites (N-methyl/N-ethyl adjacent to an activating group) is 1. The zero-order valence-corrected chi connectivity index (χ0v) is 12.4.